The van der Waals surface area contributed by atoms with Crippen LogP contribution < -0.4 is 4.74 Å². The fraction of sp³-hybridized carbons (Fsp3) is 0.0952. The Morgan fingerprint density at radius 2 is 1.70 bits per heavy atom. The van der Waals surface area contributed by atoms with Crippen molar-refractivity contribution in [2.75, 3.05) is 6.61 Å². The van der Waals surface area contributed by atoms with E-state index >= 15 is 0 Å². The molecule has 0 fully saturated rings. The third-order valence-corrected chi connectivity index (χ3v) is 4.37. The Morgan fingerprint density at radius 3 is 2.44 bits per heavy atom. The highest BCUT2D eigenvalue weighted by Gasteiger charge is 2.16. The number of fused-ring (bicyclic) bond motifs is 1. The van der Waals surface area contributed by atoms with E-state index in [0.29, 0.717) is 27.6 Å². The second kappa shape index (κ2) is 7.00. The van der Waals surface area contributed by atoms with E-state index in [9.17, 15) is 8.78 Å². The van der Waals surface area contributed by atoms with Crippen LogP contribution in [-0.4, -0.2) is 11.6 Å². The minimum Gasteiger partial charge on any atom is -0.491 e. The largest absolute Gasteiger partial charge is 0.491 e. The minimum absolute atomic E-state index is 0.0968. The molecule has 136 valence electrons. The summed E-state index contributed by atoms with van der Waals surface area (Å²) >= 11 is 5.96. The first-order valence-electron chi connectivity index (χ1n) is 8.34. The maximum Gasteiger partial charge on any atom is 0.227 e. The predicted molar refractivity (Wildman–Crippen MR) is 101 cm³/mol. The molecule has 6 heteroatoms. The average Bonchev–Trinajstić information content (AvgIpc) is 3.09. The normalized spacial score (nSPS) is 11.1. The molecule has 4 aromatic rings. The van der Waals surface area contributed by atoms with E-state index in [1.165, 1.54) is 12.1 Å². The van der Waals surface area contributed by atoms with Crippen molar-refractivity contribution in [3.8, 4) is 28.3 Å². The van der Waals surface area contributed by atoms with Crippen molar-refractivity contribution >= 4 is 22.7 Å². The van der Waals surface area contributed by atoms with E-state index < -0.39 is 11.6 Å². The van der Waals surface area contributed by atoms with E-state index in [4.69, 9.17) is 20.8 Å². The van der Waals surface area contributed by atoms with Crippen molar-refractivity contribution in [2.45, 2.75) is 6.92 Å². The Balaban J connectivity index is 1.68. The Morgan fingerprint density at radius 1 is 0.963 bits per heavy atom. The monoisotopic (exact) mass is 385 g/mol. The van der Waals surface area contributed by atoms with Crippen molar-refractivity contribution in [1.29, 1.82) is 0 Å². The fourth-order valence-corrected chi connectivity index (χ4v) is 3.00. The number of nitrogens with zero attached hydrogens (tertiary/aromatic N) is 1. The van der Waals surface area contributed by atoms with Gasteiger partial charge in [-0.2, -0.15) is 4.39 Å². The smallest absolute Gasteiger partial charge is 0.227 e. The molecule has 0 aliphatic heterocycles. The van der Waals surface area contributed by atoms with Gasteiger partial charge >= 0.3 is 0 Å². The van der Waals surface area contributed by atoms with Gasteiger partial charge in [-0.1, -0.05) is 23.7 Å². The van der Waals surface area contributed by atoms with Crippen LogP contribution in [0.4, 0.5) is 8.78 Å². The van der Waals surface area contributed by atoms with Crippen molar-refractivity contribution in [3.05, 3.63) is 71.3 Å². The van der Waals surface area contributed by atoms with Gasteiger partial charge in [-0.3, -0.25) is 0 Å². The molecule has 3 nitrogen and oxygen atoms in total. The molecule has 0 aliphatic rings. The molecule has 0 saturated heterocycles. The molecule has 0 N–H and O–H groups in total. The Labute approximate surface area is 159 Å². The molecule has 1 heterocycles. The average molecular weight is 386 g/mol. The molecule has 1 aromatic heterocycles. The van der Waals surface area contributed by atoms with Gasteiger partial charge in [0, 0.05) is 16.1 Å². The van der Waals surface area contributed by atoms with Gasteiger partial charge in [-0.15, -0.1) is 0 Å². The minimum atomic E-state index is -0.991. The Bertz CT molecular complexity index is 1120. The molecule has 0 aliphatic carbocycles. The molecule has 0 atom stereocenters. The molecule has 0 bridgehead atoms. The summed E-state index contributed by atoms with van der Waals surface area (Å²) in [6, 6.07) is 15.0. The molecule has 0 saturated carbocycles. The van der Waals surface area contributed by atoms with Gasteiger partial charge in [-0.05, 0) is 55.0 Å². The van der Waals surface area contributed by atoms with Gasteiger partial charge in [0.1, 0.15) is 5.52 Å². The zero-order valence-electron chi connectivity index (χ0n) is 14.3. The third kappa shape index (κ3) is 3.26. The highest BCUT2D eigenvalue weighted by molar-refractivity contribution is 6.31. The van der Waals surface area contributed by atoms with Crippen LogP contribution >= 0.6 is 11.6 Å². The second-order valence-corrected chi connectivity index (χ2v) is 6.32. The molecule has 0 spiro atoms. The molecule has 4 rings (SSSR count). The second-order valence-electron chi connectivity index (χ2n) is 5.88. The molecule has 3 aromatic carbocycles. The first-order valence-corrected chi connectivity index (χ1v) is 8.72. The van der Waals surface area contributed by atoms with Crippen LogP contribution in [0.25, 0.3) is 33.7 Å². The number of ether oxygens (including phenoxy) is 1. The van der Waals surface area contributed by atoms with Crippen molar-refractivity contribution < 1.29 is 17.9 Å². The van der Waals surface area contributed by atoms with E-state index in [1.54, 1.807) is 49.4 Å². The maximum atomic E-state index is 14.4. The van der Waals surface area contributed by atoms with Crippen LogP contribution in [0.2, 0.25) is 5.02 Å². The summed E-state index contributed by atoms with van der Waals surface area (Å²) in [4.78, 5) is 4.41. The summed E-state index contributed by atoms with van der Waals surface area (Å²) < 4.78 is 39.3. The lowest BCUT2D eigenvalue weighted by Crippen LogP contribution is -1.98. The first-order chi connectivity index (χ1) is 13.1. The summed E-state index contributed by atoms with van der Waals surface area (Å²) in [7, 11) is 0. The zero-order valence-corrected chi connectivity index (χ0v) is 15.1. The van der Waals surface area contributed by atoms with Crippen LogP contribution in [-0.2, 0) is 0 Å². The summed E-state index contributed by atoms with van der Waals surface area (Å²) in [5.74, 6) is -1.60. The lowest BCUT2D eigenvalue weighted by Gasteiger charge is -2.09. The summed E-state index contributed by atoms with van der Waals surface area (Å²) in [6.45, 7) is 1.98. The first kappa shape index (κ1) is 17.5. The van der Waals surface area contributed by atoms with Crippen LogP contribution in [0.3, 0.4) is 0 Å². The number of aromatic nitrogens is 1. The lowest BCUT2D eigenvalue weighted by molar-refractivity contribution is 0.314. The third-order valence-electron chi connectivity index (χ3n) is 4.14. The number of rotatable bonds is 4. The van der Waals surface area contributed by atoms with Crippen LogP contribution in [0.5, 0.6) is 5.75 Å². The highest BCUT2D eigenvalue weighted by atomic mass is 35.5. The SMILES string of the molecule is CCOc1ccc(-c2ccc(-c3nc4cc(Cl)ccc4o3)cc2)c(F)c1F. The molecular formula is C21H14ClF2NO2. The highest BCUT2D eigenvalue weighted by Crippen LogP contribution is 2.32. The predicted octanol–water partition coefficient (Wildman–Crippen LogP) is 6.49. The Hall–Kier alpha value is -2.92. The standard InChI is InChI=1S/C21H14ClF2NO2/c1-2-26-18-10-8-15(19(23)20(18)24)12-3-5-13(6-4-12)21-25-16-11-14(22)7-9-17(16)27-21/h3-11H,2H2,1H3. The molecule has 0 radical (unpaired) electrons. The number of benzene rings is 3. The van der Waals surface area contributed by atoms with Gasteiger partial charge in [0.25, 0.3) is 0 Å². The lowest BCUT2D eigenvalue weighted by atomic mass is 10.0. The van der Waals surface area contributed by atoms with Crippen LogP contribution in [0.1, 0.15) is 6.92 Å². The van der Waals surface area contributed by atoms with Crippen molar-refractivity contribution in [2.24, 2.45) is 0 Å². The van der Waals surface area contributed by atoms with Gasteiger partial charge < -0.3 is 9.15 Å². The van der Waals surface area contributed by atoms with E-state index in [2.05, 4.69) is 4.98 Å². The molecular weight excluding hydrogens is 372 g/mol. The van der Waals surface area contributed by atoms with Gasteiger partial charge in [0.2, 0.25) is 11.7 Å². The molecule has 27 heavy (non-hydrogen) atoms. The van der Waals surface area contributed by atoms with Gasteiger partial charge in [0.15, 0.2) is 17.1 Å². The summed E-state index contributed by atoms with van der Waals surface area (Å²) in [6.07, 6.45) is 0. The number of halogens is 3. The molecule has 0 unspecified atom stereocenters. The Kier molecular flexibility index (Phi) is 4.54. The number of hydrogen-bond acceptors (Lipinski definition) is 3. The maximum absolute atomic E-state index is 14.4. The summed E-state index contributed by atoms with van der Waals surface area (Å²) in [5.41, 5.74) is 2.70. The molecule has 0 amide bonds. The van der Waals surface area contributed by atoms with Gasteiger partial charge in [-0.25, -0.2) is 9.37 Å². The van der Waals surface area contributed by atoms with Crippen molar-refractivity contribution in [3.63, 3.8) is 0 Å². The zero-order chi connectivity index (χ0) is 19.0. The van der Waals surface area contributed by atoms with Gasteiger partial charge in [0.05, 0.1) is 6.61 Å². The fourth-order valence-electron chi connectivity index (χ4n) is 2.84. The van der Waals surface area contributed by atoms with Crippen LogP contribution in [0.15, 0.2) is 59.0 Å². The van der Waals surface area contributed by atoms with E-state index in [0.717, 1.165) is 5.56 Å². The number of hydrogen-bond donors (Lipinski definition) is 0. The number of oxazole rings is 1. The van der Waals surface area contributed by atoms with Crippen LogP contribution in [0, 0.1) is 11.6 Å². The van der Waals surface area contributed by atoms with E-state index in [1.807, 2.05) is 0 Å². The van der Waals surface area contributed by atoms with E-state index in [-0.39, 0.29) is 17.9 Å². The van der Waals surface area contributed by atoms with Crippen molar-refractivity contribution in [1.82, 2.24) is 4.98 Å². The summed E-state index contributed by atoms with van der Waals surface area (Å²) in [5, 5.41) is 0.575. The topological polar surface area (TPSA) is 35.3 Å². The quantitative estimate of drug-likeness (QED) is 0.402.